The van der Waals surface area contributed by atoms with Crippen LogP contribution in [0.2, 0.25) is 0 Å². The van der Waals surface area contributed by atoms with Gasteiger partial charge in [-0.2, -0.15) is 0 Å². The fourth-order valence-electron chi connectivity index (χ4n) is 1.98. The molecule has 0 atom stereocenters. The summed E-state index contributed by atoms with van der Waals surface area (Å²) in [7, 11) is 0. The lowest BCUT2D eigenvalue weighted by Gasteiger charge is -2.12. The maximum absolute atomic E-state index is 11.3. The Hall–Kier alpha value is -2.08. The van der Waals surface area contributed by atoms with Crippen LogP contribution in [0.1, 0.15) is 11.1 Å². The van der Waals surface area contributed by atoms with Crippen molar-refractivity contribution in [3.63, 3.8) is 0 Å². The van der Waals surface area contributed by atoms with Gasteiger partial charge < -0.3 is 11.5 Å². The van der Waals surface area contributed by atoms with Gasteiger partial charge in [-0.05, 0) is 23.3 Å². The number of hydrogen-bond donors (Lipinski definition) is 3. The summed E-state index contributed by atoms with van der Waals surface area (Å²) in [6.45, 7) is 1.49. The van der Waals surface area contributed by atoms with Crippen molar-refractivity contribution in [2.24, 2.45) is 5.73 Å². The molecule has 0 unspecified atom stereocenters. The van der Waals surface area contributed by atoms with Gasteiger partial charge in [0.2, 0.25) is 5.91 Å². The summed E-state index contributed by atoms with van der Waals surface area (Å²) in [6.07, 6.45) is 0. The van der Waals surface area contributed by atoms with Crippen molar-refractivity contribution >= 4 is 17.6 Å². The van der Waals surface area contributed by atoms with E-state index in [4.69, 9.17) is 11.5 Å². The van der Waals surface area contributed by atoms with E-state index < -0.39 is 11.9 Å². The van der Waals surface area contributed by atoms with E-state index in [1.165, 1.54) is 0 Å². The van der Waals surface area contributed by atoms with Crippen molar-refractivity contribution in [1.82, 2.24) is 10.2 Å². The lowest BCUT2D eigenvalue weighted by atomic mass is 10.1. The van der Waals surface area contributed by atoms with Crippen molar-refractivity contribution < 1.29 is 9.59 Å². The first kappa shape index (κ1) is 11.4. The molecule has 0 aliphatic carbocycles. The number of imide groups is 1. The maximum atomic E-state index is 11.3. The highest BCUT2D eigenvalue weighted by Gasteiger charge is 2.21. The number of benzene rings is 1. The van der Waals surface area contributed by atoms with Crippen LogP contribution in [0.25, 0.3) is 0 Å². The molecule has 0 fully saturated rings. The van der Waals surface area contributed by atoms with Gasteiger partial charge >= 0.3 is 6.03 Å². The Labute approximate surface area is 98.6 Å². The number of anilines is 1. The molecular formula is C11H14N4O2. The molecule has 0 radical (unpaired) electrons. The summed E-state index contributed by atoms with van der Waals surface area (Å²) in [4.78, 5) is 23.8. The van der Waals surface area contributed by atoms with E-state index in [1.54, 1.807) is 0 Å². The van der Waals surface area contributed by atoms with E-state index in [9.17, 15) is 9.59 Å². The molecule has 6 nitrogen and oxygen atoms in total. The predicted molar refractivity (Wildman–Crippen MR) is 62.7 cm³/mol. The summed E-state index contributed by atoms with van der Waals surface area (Å²) in [6, 6.07) is 4.88. The van der Waals surface area contributed by atoms with E-state index in [0.717, 1.165) is 11.1 Å². The number of nitrogens with zero attached hydrogens (tertiary/aromatic N) is 1. The molecule has 1 aliphatic rings. The molecule has 0 saturated carbocycles. The molecular weight excluding hydrogens is 220 g/mol. The van der Waals surface area contributed by atoms with E-state index in [2.05, 4.69) is 0 Å². The van der Waals surface area contributed by atoms with Gasteiger partial charge in [-0.1, -0.05) is 6.07 Å². The van der Waals surface area contributed by atoms with Gasteiger partial charge in [-0.25, -0.2) is 4.79 Å². The van der Waals surface area contributed by atoms with E-state index in [-0.39, 0.29) is 6.54 Å². The first-order valence-electron chi connectivity index (χ1n) is 5.23. The van der Waals surface area contributed by atoms with E-state index in [1.807, 2.05) is 28.4 Å². The van der Waals surface area contributed by atoms with Gasteiger partial charge in [-0.3, -0.25) is 15.0 Å². The Morgan fingerprint density at radius 2 is 2.00 bits per heavy atom. The number of nitrogen functional groups attached to an aromatic ring is 1. The van der Waals surface area contributed by atoms with Crippen LogP contribution in [0.4, 0.5) is 10.5 Å². The third-order valence-corrected chi connectivity index (χ3v) is 2.65. The minimum absolute atomic E-state index is 0.150. The van der Waals surface area contributed by atoms with Crippen molar-refractivity contribution in [2.45, 2.75) is 13.1 Å². The molecule has 1 aliphatic heterocycles. The molecule has 6 heteroatoms. The third kappa shape index (κ3) is 2.73. The Balaban J connectivity index is 1.96. The second-order valence-electron chi connectivity index (χ2n) is 4.09. The van der Waals surface area contributed by atoms with Crippen LogP contribution >= 0.6 is 0 Å². The first-order chi connectivity index (χ1) is 8.04. The van der Waals surface area contributed by atoms with Gasteiger partial charge in [0.05, 0.1) is 6.54 Å². The summed E-state index contributed by atoms with van der Waals surface area (Å²) in [5.74, 6) is -0.390. The zero-order valence-electron chi connectivity index (χ0n) is 9.27. The quantitative estimate of drug-likeness (QED) is 0.616. The average molecular weight is 234 g/mol. The molecule has 0 aromatic heterocycles. The molecule has 5 N–H and O–H groups in total. The number of urea groups is 1. The van der Waals surface area contributed by atoms with Crippen LogP contribution in [0.5, 0.6) is 0 Å². The number of primary amides is 1. The highest BCUT2D eigenvalue weighted by Crippen LogP contribution is 2.24. The van der Waals surface area contributed by atoms with Gasteiger partial charge in [0.25, 0.3) is 0 Å². The average Bonchev–Trinajstić information content (AvgIpc) is 2.57. The lowest BCUT2D eigenvalue weighted by molar-refractivity contribution is -0.121. The smallest absolute Gasteiger partial charge is 0.318 e. The number of nitrogens with one attached hydrogen (secondary N) is 1. The number of carbonyl (C=O) groups is 2. The van der Waals surface area contributed by atoms with E-state index in [0.29, 0.717) is 18.8 Å². The highest BCUT2D eigenvalue weighted by atomic mass is 16.2. The van der Waals surface area contributed by atoms with Crippen LogP contribution in [-0.4, -0.2) is 23.4 Å². The van der Waals surface area contributed by atoms with Gasteiger partial charge in [0, 0.05) is 18.8 Å². The Morgan fingerprint density at radius 3 is 2.71 bits per heavy atom. The number of fused-ring (bicyclic) bond motifs is 1. The Morgan fingerprint density at radius 1 is 1.29 bits per heavy atom. The largest absolute Gasteiger partial charge is 0.399 e. The fraction of sp³-hybridized carbons (Fsp3) is 0.273. The molecule has 3 amide bonds. The van der Waals surface area contributed by atoms with Crippen molar-refractivity contribution in [3.8, 4) is 0 Å². The normalized spacial score (nSPS) is 14.4. The summed E-state index contributed by atoms with van der Waals surface area (Å²) < 4.78 is 0. The van der Waals surface area contributed by atoms with Crippen LogP contribution in [0, 0.1) is 0 Å². The molecule has 90 valence electrons. The lowest BCUT2D eigenvalue weighted by Crippen LogP contribution is -2.40. The topological polar surface area (TPSA) is 101 Å². The van der Waals surface area contributed by atoms with Gasteiger partial charge in [0.15, 0.2) is 0 Å². The third-order valence-electron chi connectivity index (χ3n) is 2.65. The van der Waals surface area contributed by atoms with Crippen LogP contribution < -0.4 is 16.8 Å². The van der Waals surface area contributed by atoms with Crippen LogP contribution in [0.15, 0.2) is 18.2 Å². The fourth-order valence-corrected chi connectivity index (χ4v) is 1.98. The summed E-state index contributed by atoms with van der Waals surface area (Å²) in [5.41, 5.74) is 13.5. The number of hydrogen-bond acceptors (Lipinski definition) is 4. The van der Waals surface area contributed by atoms with Crippen LogP contribution in [-0.2, 0) is 17.9 Å². The number of carbonyl (C=O) groups excluding carboxylic acids is 2. The van der Waals surface area contributed by atoms with Crippen molar-refractivity contribution in [1.29, 1.82) is 0 Å². The number of rotatable bonds is 2. The summed E-state index contributed by atoms with van der Waals surface area (Å²) >= 11 is 0. The minimum Gasteiger partial charge on any atom is -0.399 e. The first-order valence-corrected chi connectivity index (χ1v) is 5.23. The van der Waals surface area contributed by atoms with Gasteiger partial charge in [0.1, 0.15) is 0 Å². The molecule has 0 spiro atoms. The Kier molecular flexibility index (Phi) is 2.97. The molecule has 1 heterocycles. The maximum Gasteiger partial charge on any atom is 0.318 e. The second kappa shape index (κ2) is 4.42. The molecule has 1 aromatic rings. The molecule has 0 saturated heterocycles. The predicted octanol–water partition coefficient (Wildman–Crippen LogP) is -0.221. The standard InChI is InChI=1S/C11H14N4O2/c12-9-2-1-7-4-15(5-8(7)3-9)6-10(16)14-11(13)17/h1-3H,4-6,12H2,(H3,13,14,16,17). The monoisotopic (exact) mass is 234 g/mol. The molecule has 1 aromatic carbocycles. The molecule has 17 heavy (non-hydrogen) atoms. The molecule has 0 bridgehead atoms. The summed E-state index contributed by atoms with van der Waals surface area (Å²) in [5, 5.41) is 2.04. The zero-order valence-corrected chi connectivity index (χ0v) is 9.27. The van der Waals surface area contributed by atoms with Crippen molar-refractivity contribution in [3.05, 3.63) is 29.3 Å². The van der Waals surface area contributed by atoms with Crippen molar-refractivity contribution in [2.75, 3.05) is 12.3 Å². The number of nitrogens with two attached hydrogens (primary N) is 2. The SMILES string of the molecule is NC(=O)NC(=O)CN1Cc2ccc(N)cc2C1. The Bertz CT molecular complexity index is 473. The second-order valence-corrected chi connectivity index (χ2v) is 4.09. The minimum atomic E-state index is -0.823. The highest BCUT2D eigenvalue weighted by molar-refractivity contribution is 5.94. The molecule has 2 rings (SSSR count). The van der Waals surface area contributed by atoms with Crippen LogP contribution in [0.3, 0.4) is 0 Å². The van der Waals surface area contributed by atoms with E-state index >= 15 is 0 Å². The number of amides is 3. The zero-order chi connectivity index (χ0) is 12.4. The van der Waals surface area contributed by atoms with Gasteiger partial charge in [-0.15, -0.1) is 0 Å².